The summed E-state index contributed by atoms with van der Waals surface area (Å²) in [6.45, 7) is 9.33. The van der Waals surface area contributed by atoms with Gasteiger partial charge in [0.1, 0.15) is 0 Å². The molecule has 3 atom stereocenters. The monoisotopic (exact) mass is 269 g/mol. The number of carbonyl (C=O) groups excluding carboxylic acids is 1. The number of carbonyl (C=O) groups is 1. The topological polar surface area (TPSA) is 58.4 Å². The molecule has 0 radical (unpaired) electrons. The highest BCUT2D eigenvalue weighted by atomic mass is 16.1. The van der Waals surface area contributed by atoms with E-state index in [1.807, 2.05) is 6.92 Å². The van der Waals surface area contributed by atoms with Crippen LogP contribution in [0, 0.1) is 5.92 Å². The molecule has 1 rings (SSSR count). The summed E-state index contributed by atoms with van der Waals surface area (Å²) in [5.74, 6) is 0.594. The highest BCUT2D eigenvalue weighted by molar-refractivity contribution is 5.84. The van der Waals surface area contributed by atoms with Crippen molar-refractivity contribution in [1.29, 1.82) is 0 Å². The van der Waals surface area contributed by atoms with Crippen molar-refractivity contribution in [2.75, 3.05) is 13.6 Å². The maximum absolute atomic E-state index is 11.7. The Morgan fingerprint density at radius 2 is 2.05 bits per heavy atom. The lowest BCUT2D eigenvalue weighted by Gasteiger charge is -2.37. The number of hydrogen-bond donors (Lipinski definition) is 2. The molecule has 19 heavy (non-hydrogen) atoms. The van der Waals surface area contributed by atoms with Crippen molar-refractivity contribution in [3.8, 4) is 0 Å². The summed E-state index contributed by atoms with van der Waals surface area (Å²) in [6, 6.07) is 0.941. The first-order chi connectivity index (χ1) is 8.81. The molecule has 112 valence electrons. The zero-order valence-corrected chi connectivity index (χ0v) is 13.2. The van der Waals surface area contributed by atoms with Gasteiger partial charge in [-0.25, -0.2) is 0 Å². The molecule has 1 aliphatic carbocycles. The molecule has 0 aromatic rings. The van der Waals surface area contributed by atoms with E-state index in [0.717, 1.165) is 25.3 Å². The summed E-state index contributed by atoms with van der Waals surface area (Å²) in [7, 11) is 2.16. The van der Waals surface area contributed by atoms with Crippen LogP contribution in [0.3, 0.4) is 0 Å². The maximum Gasteiger partial charge on any atom is 0.237 e. The molecule has 4 heteroatoms. The van der Waals surface area contributed by atoms with Crippen LogP contribution >= 0.6 is 0 Å². The van der Waals surface area contributed by atoms with Crippen molar-refractivity contribution in [3.05, 3.63) is 0 Å². The fourth-order valence-corrected chi connectivity index (χ4v) is 2.71. The lowest BCUT2D eigenvalue weighted by atomic mass is 9.91. The van der Waals surface area contributed by atoms with Gasteiger partial charge in [0.15, 0.2) is 0 Å². The van der Waals surface area contributed by atoms with Gasteiger partial charge in [-0.15, -0.1) is 0 Å². The van der Waals surface area contributed by atoms with Crippen LogP contribution in [-0.4, -0.2) is 42.0 Å². The molecule has 0 heterocycles. The number of hydrogen-bond acceptors (Lipinski definition) is 3. The van der Waals surface area contributed by atoms with Gasteiger partial charge < -0.3 is 16.0 Å². The first-order valence-corrected chi connectivity index (χ1v) is 7.58. The van der Waals surface area contributed by atoms with Gasteiger partial charge in [-0.1, -0.05) is 6.92 Å². The van der Waals surface area contributed by atoms with Gasteiger partial charge >= 0.3 is 0 Å². The number of nitrogens with zero attached hydrogens (tertiary/aromatic N) is 1. The Labute approximate surface area is 118 Å². The number of rotatable bonds is 9. The zero-order valence-electron chi connectivity index (χ0n) is 13.2. The van der Waals surface area contributed by atoms with Gasteiger partial charge in [-0.05, 0) is 66.0 Å². The van der Waals surface area contributed by atoms with E-state index in [2.05, 4.69) is 38.0 Å². The van der Waals surface area contributed by atoms with Crippen LogP contribution in [0.4, 0.5) is 0 Å². The predicted octanol–water partition coefficient (Wildman–Crippen LogP) is 1.74. The van der Waals surface area contributed by atoms with Gasteiger partial charge in [0.05, 0.1) is 5.54 Å². The van der Waals surface area contributed by atoms with E-state index in [9.17, 15) is 4.79 Å². The largest absolute Gasteiger partial charge is 0.368 e. The smallest absolute Gasteiger partial charge is 0.237 e. The Morgan fingerprint density at radius 1 is 1.47 bits per heavy atom. The van der Waals surface area contributed by atoms with Crippen molar-refractivity contribution < 1.29 is 4.79 Å². The van der Waals surface area contributed by atoms with Gasteiger partial charge in [0.2, 0.25) is 5.91 Å². The Balaban J connectivity index is 2.59. The highest BCUT2D eigenvalue weighted by Crippen LogP contribution is 2.35. The van der Waals surface area contributed by atoms with Crippen LogP contribution in [0.1, 0.15) is 53.4 Å². The molecule has 0 spiro atoms. The van der Waals surface area contributed by atoms with Crippen LogP contribution in [0.5, 0.6) is 0 Å². The molecule has 4 nitrogen and oxygen atoms in total. The maximum atomic E-state index is 11.7. The Kier molecular flexibility index (Phi) is 5.81. The number of primary amides is 1. The van der Waals surface area contributed by atoms with Crippen LogP contribution in [0.2, 0.25) is 0 Å². The van der Waals surface area contributed by atoms with Crippen molar-refractivity contribution in [2.24, 2.45) is 11.7 Å². The van der Waals surface area contributed by atoms with Crippen molar-refractivity contribution >= 4 is 5.91 Å². The van der Waals surface area contributed by atoms with Crippen LogP contribution in [-0.2, 0) is 4.79 Å². The van der Waals surface area contributed by atoms with E-state index in [1.54, 1.807) is 0 Å². The molecule has 1 aliphatic rings. The number of amides is 1. The SMILES string of the molecule is CCCNC(C)(CC(C)N(C)C(C)C1CC1)C(N)=O. The van der Waals surface area contributed by atoms with E-state index < -0.39 is 5.54 Å². The van der Waals surface area contributed by atoms with Crippen molar-refractivity contribution in [1.82, 2.24) is 10.2 Å². The van der Waals surface area contributed by atoms with Crippen molar-refractivity contribution in [2.45, 2.75) is 71.0 Å². The third-order valence-electron chi connectivity index (χ3n) is 4.65. The summed E-state index contributed by atoms with van der Waals surface area (Å²) in [6.07, 6.45) is 4.46. The summed E-state index contributed by atoms with van der Waals surface area (Å²) < 4.78 is 0. The average Bonchev–Trinajstić information content (AvgIpc) is 3.18. The second kappa shape index (κ2) is 6.71. The molecular formula is C15H31N3O. The predicted molar refractivity (Wildman–Crippen MR) is 79.9 cm³/mol. The van der Waals surface area contributed by atoms with Gasteiger partial charge in [-0.2, -0.15) is 0 Å². The second-order valence-electron chi connectivity index (χ2n) is 6.42. The molecule has 3 N–H and O–H groups in total. The first-order valence-electron chi connectivity index (χ1n) is 7.58. The van der Waals surface area contributed by atoms with Gasteiger partial charge in [-0.3, -0.25) is 4.79 Å². The molecule has 1 amide bonds. The Morgan fingerprint density at radius 3 is 2.47 bits per heavy atom. The van der Waals surface area contributed by atoms with E-state index in [-0.39, 0.29) is 5.91 Å². The standard InChI is InChI=1S/C15H31N3O/c1-6-9-17-15(4,14(16)19)10-11(2)18(5)12(3)13-7-8-13/h11-13,17H,6-10H2,1-5H3,(H2,16,19). The van der Waals surface area contributed by atoms with Crippen LogP contribution in [0.25, 0.3) is 0 Å². The lowest BCUT2D eigenvalue weighted by molar-refractivity contribution is -0.124. The summed E-state index contributed by atoms with van der Waals surface area (Å²) in [5, 5.41) is 3.31. The average molecular weight is 269 g/mol. The van der Waals surface area contributed by atoms with Gasteiger partial charge in [0.25, 0.3) is 0 Å². The second-order valence-corrected chi connectivity index (χ2v) is 6.42. The molecule has 0 aromatic carbocycles. The molecule has 0 aromatic heterocycles. The third kappa shape index (κ3) is 4.46. The minimum Gasteiger partial charge on any atom is -0.368 e. The first kappa shape index (κ1) is 16.4. The van der Waals surface area contributed by atoms with Gasteiger partial charge in [0, 0.05) is 12.1 Å². The number of nitrogens with one attached hydrogen (secondary N) is 1. The normalized spacial score (nSPS) is 22.0. The zero-order chi connectivity index (χ0) is 14.6. The fraction of sp³-hybridized carbons (Fsp3) is 0.933. The molecule has 1 fully saturated rings. The fourth-order valence-electron chi connectivity index (χ4n) is 2.71. The minimum absolute atomic E-state index is 0.250. The third-order valence-corrected chi connectivity index (χ3v) is 4.65. The molecular weight excluding hydrogens is 238 g/mol. The van der Waals surface area contributed by atoms with E-state index in [4.69, 9.17) is 5.73 Å². The molecule has 0 aliphatic heterocycles. The quantitative estimate of drug-likeness (QED) is 0.670. The number of nitrogens with two attached hydrogens (primary N) is 1. The summed E-state index contributed by atoms with van der Waals surface area (Å²) in [5.41, 5.74) is 4.98. The molecule has 1 saturated carbocycles. The lowest BCUT2D eigenvalue weighted by Crippen LogP contribution is -2.56. The van der Waals surface area contributed by atoms with Crippen LogP contribution in [0.15, 0.2) is 0 Å². The molecule has 0 saturated heterocycles. The molecule has 0 bridgehead atoms. The molecule has 3 unspecified atom stereocenters. The highest BCUT2D eigenvalue weighted by Gasteiger charge is 2.37. The van der Waals surface area contributed by atoms with E-state index >= 15 is 0 Å². The Bertz CT molecular complexity index is 304. The van der Waals surface area contributed by atoms with Crippen molar-refractivity contribution in [3.63, 3.8) is 0 Å². The Hall–Kier alpha value is -0.610. The summed E-state index contributed by atoms with van der Waals surface area (Å²) >= 11 is 0. The minimum atomic E-state index is -0.604. The summed E-state index contributed by atoms with van der Waals surface area (Å²) in [4.78, 5) is 14.1. The van der Waals surface area contributed by atoms with E-state index in [0.29, 0.717) is 12.1 Å². The van der Waals surface area contributed by atoms with Crippen LogP contribution < -0.4 is 11.1 Å². The van der Waals surface area contributed by atoms with E-state index in [1.165, 1.54) is 12.8 Å².